The van der Waals surface area contributed by atoms with Gasteiger partial charge in [0, 0.05) is 25.2 Å². The highest BCUT2D eigenvalue weighted by atomic mass is 19.1. The van der Waals surface area contributed by atoms with Crippen LogP contribution in [0.25, 0.3) is 0 Å². The quantitative estimate of drug-likeness (QED) is 0.815. The molecule has 0 aromatic heterocycles. The van der Waals surface area contributed by atoms with Crippen LogP contribution in [0.1, 0.15) is 19.4 Å². The lowest BCUT2D eigenvalue weighted by atomic mass is 10.1. The van der Waals surface area contributed by atoms with Crippen molar-refractivity contribution < 1.29 is 9.18 Å². The molecule has 2 atom stereocenters. The number of likely N-dealkylation sites (N-methyl/N-ethyl adjacent to an activating group) is 1. The van der Waals surface area contributed by atoms with Crippen LogP contribution in [0.4, 0.5) is 4.39 Å². The van der Waals surface area contributed by atoms with E-state index >= 15 is 0 Å². The molecule has 1 amide bonds. The van der Waals surface area contributed by atoms with E-state index in [1.807, 2.05) is 4.90 Å². The second kappa shape index (κ2) is 5.70. The van der Waals surface area contributed by atoms with Crippen LogP contribution in [0.3, 0.4) is 0 Å². The molecule has 2 unspecified atom stereocenters. The van der Waals surface area contributed by atoms with E-state index in [4.69, 9.17) is 0 Å². The van der Waals surface area contributed by atoms with Crippen LogP contribution in [0, 0.1) is 5.82 Å². The van der Waals surface area contributed by atoms with E-state index in [-0.39, 0.29) is 18.1 Å². The van der Waals surface area contributed by atoms with E-state index in [0.29, 0.717) is 12.1 Å². The summed E-state index contributed by atoms with van der Waals surface area (Å²) in [6, 6.07) is 6.99. The molecule has 0 aliphatic carbocycles. The summed E-state index contributed by atoms with van der Waals surface area (Å²) in [4.78, 5) is 16.4. The average Bonchev–Trinajstić information content (AvgIpc) is 2.35. The van der Waals surface area contributed by atoms with E-state index in [1.54, 1.807) is 12.1 Å². The van der Waals surface area contributed by atoms with Crippen molar-refractivity contribution in [2.24, 2.45) is 0 Å². The summed E-state index contributed by atoms with van der Waals surface area (Å²) in [5.41, 5.74) is 0.740. The van der Waals surface area contributed by atoms with Crippen molar-refractivity contribution in [1.29, 1.82) is 0 Å². The van der Waals surface area contributed by atoms with Crippen LogP contribution >= 0.6 is 0 Å². The third-order valence-corrected chi connectivity index (χ3v) is 3.96. The average molecular weight is 264 g/mol. The molecule has 3 nitrogen and oxygen atoms in total. The SMILES string of the molecule is CC1CN(C(=O)Cc2cccc(F)c2)CC(C)N1C. The maximum atomic E-state index is 13.1. The molecule has 4 heteroatoms. The Labute approximate surface area is 114 Å². The predicted molar refractivity (Wildman–Crippen MR) is 73.4 cm³/mol. The summed E-state index contributed by atoms with van der Waals surface area (Å²) >= 11 is 0. The molecule has 1 aliphatic heterocycles. The van der Waals surface area contributed by atoms with Gasteiger partial charge in [0.2, 0.25) is 5.91 Å². The van der Waals surface area contributed by atoms with Crippen LogP contribution in [0.5, 0.6) is 0 Å². The van der Waals surface area contributed by atoms with Gasteiger partial charge in [0.25, 0.3) is 0 Å². The molecule has 0 saturated carbocycles. The third kappa shape index (κ3) is 3.32. The largest absolute Gasteiger partial charge is 0.339 e. The van der Waals surface area contributed by atoms with Gasteiger partial charge in [-0.25, -0.2) is 4.39 Å². The van der Waals surface area contributed by atoms with Gasteiger partial charge in [-0.15, -0.1) is 0 Å². The Balaban J connectivity index is 2.00. The molecule has 1 aromatic rings. The number of rotatable bonds is 2. The first-order valence-corrected chi connectivity index (χ1v) is 6.71. The number of hydrogen-bond acceptors (Lipinski definition) is 2. The number of hydrogen-bond donors (Lipinski definition) is 0. The number of nitrogens with zero attached hydrogens (tertiary/aromatic N) is 2. The molecular weight excluding hydrogens is 243 g/mol. The molecule has 1 fully saturated rings. The van der Waals surface area contributed by atoms with Gasteiger partial charge in [-0.3, -0.25) is 9.69 Å². The van der Waals surface area contributed by atoms with E-state index in [1.165, 1.54) is 12.1 Å². The van der Waals surface area contributed by atoms with Gasteiger partial charge in [-0.1, -0.05) is 12.1 Å². The molecular formula is C15H21FN2O. The maximum Gasteiger partial charge on any atom is 0.227 e. The fraction of sp³-hybridized carbons (Fsp3) is 0.533. The molecule has 0 N–H and O–H groups in total. The van der Waals surface area contributed by atoms with Gasteiger partial charge in [-0.05, 0) is 38.6 Å². The van der Waals surface area contributed by atoms with Crippen molar-refractivity contribution in [3.8, 4) is 0 Å². The standard InChI is InChI=1S/C15H21FN2O/c1-11-9-18(10-12(2)17(11)3)15(19)8-13-5-4-6-14(16)7-13/h4-7,11-12H,8-10H2,1-3H3. The highest BCUT2D eigenvalue weighted by Crippen LogP contribution is 2.15. The number of carbonyl (C=O) groups is 1. The van der Waals surface area contributed by atoms with Gasteiger partial charge < -0.3 is 4.90 Å². The normalized spacial score (nSPS) is 24.5. The van der Waals surface area contributed by atoms with E-state index in [2.05, 4.69) is 25.8 Å². The molecule has 1 aromatic carbocycles. The van der Waals surface area contributed by atoms with Gasteiger partial charge in [0.15, 0.2) is 0 Å². The first-order valence-electron chi connectivity index (χ1n) is 6.71. The Morgan fingerprint density at radius 3 is 2.53 bits per heavy atom. The molecule has 104 valence electrons. The van der Waals surface area contributed by atoms with Crippen molar-refractivity contribution in [3.05, 3.63) is 35.6 Å². The highest BCUT2D eigenvalue weighted by molar-refractivity contribution is 5.79. The molecule has 0 bridgehead atoms. The second-order valence-electron chi connectivity index (χ2n) is 5.47. The molecule has 1 heterocycles. The van der Waals surface area contributed by atoms with Crippen molar-refractivity contribution in [2.45, 2.75) is 32.4 Å². The Hall–Kier alpha value is -1.42. The number of piperazine rings is 1. The van der Waals surface area contributed by atoms with Crippen molar-refractivity contribution in [3.63, 3.8) is 0 Å². The minimum atomic E-state index is -0.287. The first-order chi connectivity index (χ1) is 8.97. The smallest absolute Gasteiger partial charge is 0.227 e. The lowest BCUT2D eigenvalue weighted by Gasteiger charge is -2.42. The summed E-state index contributed by atoms with van der Waals surface area (Å²) in [6.07, 6.45) is 0.279. The highest BCUT2D eigenvalue weighted by Gasteiger charge is 2.29. The summed E-state index contributed by atoms with van der Waals surface area (Å²) in [5.74, 6) is -0.206. The molecule has 0 radical (unpaired) electrons. The van der Waals surface area contributed by atoms with Crippen molar-refractivity contribution in [1.82, 2.24) is 9.80 Å². The fourth-order valence-electron chi connectivity index (χ4n) is 2.54. The predicted octanol–water partition coefficient (Wildman–Crippen LogP) is 1.92. The zero-order chi connectivity index (χ0) is 14.0. The number of halogens is 1. The van der Waals surface area contributed by atoms with Crippen LogP contribution in [-0.4, -0.2) is 47.9 Å². The van der Waals surface area contributed by atoms with E-state index < -0.39 is 0 Å². The van der Waals surface area contributed by atoms with E-state index in [0.717, 1.165) is 18.7 Å². The minimum absolute atomic E-state index is 0.0809. The number of benzene rings is 1. The fourth-order valence-corrected chi connectivity index (χ4v) is 2.54. The van der Waals surface area contributed by atoms with Gasteiger partial charge in [-0.2, -0.15) is 0 Å². The zero-order valence-electron chi connectivity index (χ0n) is 11.8. The van der Waals surface area contributed by atoms with Crippen molar-refractivity contribution in [2.75, 3.05) is 20.1 Å². The van der Waals surface area contributed by atoms with Crippen LogP contribution in [0.15, 0.2) is 24.3 Å². The minimum Gasteiger partial charge on any atom is -0.339 e. The summed E-state index contributed by atoms with van der Waals surface area (Å²) < 4.78 is 13.1. The molecule has 2 rings (SSSR count). The first kappa shape index (κ1) is 14.0. The van der Waals surface area contributed by atoms with E-state index in [9.17, 15) is 9.18 Å². The summed E-state index contributed by atoms with van der Waals surface area (Å²) in [7, 11) is 2.09. The Bertz CT molecular complexity index is 451. The lowest BCUT2D eigenvalue weighted by Crippen LogP contribution is -2.56. The Morgan fingerprint density at radius 2 is 1.95 bits per heavy atom. The zero-order valence-corrected chi connectivity index (χ0v) is 11.8. The second-order valence-corrected chi connectivity index (χ2v) is 5.47. The van der Waals surface area contributed by atoms with Gasteiger partial charge in [0.1, 0.15) is 5.82 Å². The summed E-state index contributed by atoms with van der Waals surface area (Å²) in [6.45, 7) is 5.74. The number of amides is 1. The van der Waals surface area contributed by atoms with Crippen LogP contribution < -0.4 is 0 Å². The maximum absolute atomic E-state index is 13.1. The lowest BCUT2D eigenvalue weighted by molar-refractivity contribution is -0.134. The summed E-state index contributed by atoms with van der Waals surface area (Å²) in [5, 5.41) is 0. The van der Waals surface area contributed by atoms with Crippen molar-refractivity contribution >= 4 is 5.91 Å². The van der Waals surface area contributed by atoms with Gasteiger partial charge in [0.05, 0.1) is 6.42 Å². The monoisotopic (exact) mass is 264 g/mol. The molecule has 1 saturated heterocycles. The number of carbonyl (C=O) groups excluding carboxylic acids is 1. The third-order valence-electron chi connectivity index (χ3n) is 3.96. The Kier molecular flexibility index (Phi) is 4.20. The van der Waals surface area contributed by atoms with Gasteiger partial charge >= 0.3 is 0 Å². The Morgan fingerprint density at radius 1 is 1.32 bits per heavy atom. The van der Waals surface area contributed by atoms with Crippen LogP contribution in [0.2, 0.25) is 0 Å². The molecule has 19 heavy (non-hydrogen) atoms. The molecule has 1 aliphatic rings. The topological polar surface area (TPSA) is 23.6 Å². The molecule has 0 spiro atoms. The van der Waals surface area contributed by atoms with Crippen LogP contribution in [-0.2, 0) is 11.2 Å².